The zero-order valence-corrected chi connectivity index (χ0v) is 11.1. The highest BCUT2D eigenvalue weighted by Crippen LogP contribution is 2.29. The van der Waals surface area contributed by atoms with Gasteiger partial charge in [-0.25, -0.2) is 4.39 Å². The van der Waals surface area contributed by atoms with Crippen molar-refractivity contribution < 1.29 is 4.39 Å². The number of nitrogens with two attached hydrogens (primary N) is 1. The molecule has 2 unspecified atom stereocenters. The van der Waals surface area contributed by atoms with E-state index in [-0.39, 0.29) is 11.4 Å². The number of hydrogen-bond acceptors (Lipinski definition) is 3. The van der Waals surface area contributed by atoms with Crippen molar-refractivity contribution in [3.05, 3.63) is 30.1 Å². The summed E-state index contributed by atoms with van der Waals surface area (Å²) in [4.78, 5) is 2.33. The first-order valence-electron chi connectivity index (χ1n) is 6.49. The Morgan fingerprint density at radius 1 is 1.56 bits per heavy atom. The predicted molar refractivity (Wildman–Crippen MR) is 73.1 cm³/mol. The third-order valence-corrected chi connectivity index (χ3v) is 4.01. The van der Waals surface area contributed by atoms with Crippen LogP contribution in [-0.4, -0.2) is 36.6 Å². The Kier molecular flexibility index (Phi) is 3.88. The second-order valence-corrected chi connectivity index (χ2v) is 5.40. The van der Waals surface area contributed by atoms with E-state index in [2.05, 4.69) is 24.2 Å². The van der Waals surface area contributed by atoms with Gasteiger partial charge in [0.1, 0.15) is 5.82 Å². The molecule has 0 saturated carbocycles. The van der Waals surface area contributed by atoms with Crippen LogP contribution in [0.2, 0.25) is 0 Å². The molecule has 0 bridgehead atoms. The second-order valence-electron chi connectivity index (χ2n) is 5.40. The standard InChI is InChI=1S/C14H22FN3/c1-11-9-14(10-16,6-7-18(11)2)17-13-5-3-4-12(15)8-13/h3-5,8,11,17H,6-7,9-10,16H2,1-2H3. The smallest absolute Gasteiger partial charge is 0.125 e. The molecule has 0 radical (unpaired) electrons. The van der Waals surface area contributed by atoms with Crippen LogP contribution in [-0.2, 0) is 0 Å². The highest BCUT2D eigenvalue weighted by atomic mass is 19.1. The molecule has 0 amide bonds. The molecule has 1 aliphatic rings. The molecule has 1 aromatic rings. The Hall–Kier alpha value is -1.13. The lowest BCUT2D eigenvalue weighted by Gasteiger charge is -2.45. The number of hydrogen-bond donors (Lipinski definition) is 2. The molecule has 0 spiro atoms. The van der Waals surface area contributed by atoms with Gasteiger partial charge in [-0.15, -0.1) is 0 Å². The van der Waals surface area contributed by atoms with E-state index in [1.165, 1.54) is 12.1 Å². The normalized spacial score (nSPS) is 29.2. The largest absolute Gasteiger partial charge is 0.378 e. The Bertz CT molecular complexity index is 410. The molecule has 2 rings (SSSR count). The average molecular weight is 251 g/mol. The van der Waals surface area contributed by atoms with Crippen LogP contribution >= 0.6 is 0 Å². The van der Waals surface area contributed by atoms with Crippen LogP contribution in [0, 0.1) is 5.82 Å². The van der Waals surface area contributed by atoms with Gasteiger partial charge in [0, 0.05) is 24.8 Å². The molecule has 0 aromatic heterocycles. The Balaban J connectivity index is 2.13. The van der Waals surface area contributed by atoms with Gasteiger partial charge in [0.2, 0.25) is 0 Å². The fraction of sp³-hybridized carbons (Fsp3) is 0.571. The van der Waals surface area contributed by atoms with Gasteiger partial charge in [-0.05, 0) is 45.0 Å². The molecule has 0 aliphatic carbocycles. The van der Waals surface area contributed by atoms with E-state index < -0.39 is 0 Å². The maximum Gasteiger partial charge on any atom is 0.125 e. The minimum Gasteiger partial charge on any atom is -0.378 e. The number of rotatable bonds is 3. The van der Waals surface area contributed by atoms with Crippen LogP contribution in [0.3, 0.4) is 0 Å². The molecule has 100 valence electrons. The van der Waals surface area contributed by atoms with E-state index in [0.29, 0.717) is 12.6 Å². The number of piperidine rings is 1. The molecule has 1 fully saturated rings. The molecule has 1 saturated heterocycles. The van der Waals surface area contributed by atoms with Crippen molar-refractivity contribution in [2.24, 2.45) is 5.73 Å². The monoisotopic (exact) mass is 251 g/mol. The maximum absolute atomic E-state index is 13.2. The number of anilines is 1. The molecule has 4 heteroatoms. The second kappa shape index (κ2) is 5.24. The molecular weight excluding hydrogens is 229 g/mol. The minimum atomic E-state index is -0.215. The summed E-state index contributed by atoms with van der Waals surface area (Å²) in [6.45, 7) is 3.79. The molecule has 18 heavy (non-hydrogen) atoms. The molecule has 2 atom stereocenters. The average Bonchev–Trinajstić information content (AvgIpc) is 2.34. The SMILES string of the molecule is CC1CC(CN)(Nc2cccc(F)c2)CCN1C. The van der Waals surface area contributed by atoms with Gasteiger partial charge in [0.15, 0.2) is 0 Å². The van der Waals surface area contributed by atoms with Gasteiger partial charge in [0.25, 0.3) is 0 Å². The van der Waals surface area contributed by atoms with Crippen LogP contribution in [0.25, 0.3) is 0 Å². The Labute approximate surface area is 108 Å². The van der Waals surface area contributed by atoms with Crippen LogP contribution in [0.5, 0.6) is 0 Å². The highest BCUT2D eigenvalue weighted by molar-refractivity contribution is 5.46. The lowest BCUT2D eigenvalue weighted by Crippen LogP contribution is -2.55. The topological polar surface area (TPSA) is 41.3 Å². The predicted octanol–water partition coefficient (Wildman–Crippen LogP) is 2.05. The fourth-order valence-corrected chi connectivity index (χ4v) is 2.66. The summed E-state index contributed by atoms with van der Waals surface area (Å²) in [5.41, 5.74) is 6.66. The highest BCUT2D eigenvalue weighted by Gasteiger charge is 2.35. The molecule has 3 N–H and O–H groups in total. The number of nitrogens with zero attached hydrogens (tertiary/aromatic N) is 1. The number of halogens is 1. The zero-order chi connectivity index (χ0) is 13.2. The summed E-state index contributed by atoms with van der Waals surface area (Å²) in [6.07, 6.45) is 1.97. The van der Waals surface area contributed by atoms with Crippen molar-refractivity contribution in [2.45, 2.75) is 31.3 Å². The van der Waals surface area contributed by atoms with E-state index in [0.717, 1.165) is 25.1 Å². The Morgan fingerprint density at radius 2 is 2.33 bits per heavy atom. The van der Waals surface area contributed by atoms with Crippen LogP contribution < -0.4 is 11.1 Å². The lowest BCUT2D eigenvalue weighted by molar-refractivity contribution is 0.146. The van der Waals surface area contributed by atoms with Crippen molar-refractivity contribution in [1.82, 2.24) is 4.90 Å². The van der Waals surface area contributed by atoms with Crippen LogP contribution in [0.1, 0.15) is 19.8 Å². The van der Waals surface area contributed by atoms with Crippen molar-refractivity contribution in [3.63, 3.8) is 0 Å². The third-order valence-electron chi connectivity index (χ3n) is 4.01. The molecular formula is C14H22FN3. The summed E-state index contributed by atoms with van der Waals surface area (Å²) < 4.78 is 13.2. The van der Waals surface area contributed by atoms with Crippen molar-refractivity contribution >= 4 is 5.69 Å². The summed E-state index contributed by atoms with van der Waals surface area (Å²) in [6, 6.07) is 7.09. The van der Waals surface area contributed by atoms with Gasteiger partial charge >= 0.3 is 0 Å². The Morgan fingerprint density at radius 3 is 2.94 bits per heavy atom. The van der Waals surface area contributed by atoms with Crippen molar-refractivity contribution in [3.8, 4) is 0 Å². The van der Waals surface area contributed by atoms with Gasteiger partial charge in [-0.3, -0.25) is 0 Å². The fourth-order valence-electron chi connectivity index (χ4n) is 2.66. The molecule has 1 aromatic carbocycles. The van der Waals surface area contributed by atoms with Crippen LogP contribution in [0.15, 0.2) is 24.3 Å². The number of likely N-dealkylation sites (tertiary alicyclic amines) is 1. The summed E-state index contributed by atoms with van der Waals surface area (Å²) in [5, 5.41) is 3.44. The number of benzene rings is 1. The summed E-state index contributed by atoms with van der Waals surface area (Å²) in [7, 11) is 2.13. The quantitative estimate of drug-likeness (QED) is 0.864. The van der Waals surface area contributed by atoms with Crippen molar-refractivity contribution in [1.29, 1.82) is 0 Å². The van der Waals surface area contributed by atoms with E-state index in [4.69, 9.17) is 5.73 Å². The zero-order valence-electron chi connectivity index (χ0n) is 11.1. The first-order valence-corrected chi connectivity index (χ1v) is 6.49. The molecule has 1 heterocycles. The van der Waals surface area contributed by atoms with E-state index >= 15 is 0 Å². The molecule has 3 nitrogen and oxygen atoms in total. The minimum absolute atomic E-state index is 0.111. The first kappa shape index (κ1) is 13.3. The van der Waals surface area contributed by atoms with Gasteiger partial charge < -0.3 is 16.0 Å². The van der Waals surface area contributed by atoms with Crippen molar-refractivity contribution in [2.75, 3.05) is 25.5 Å². The summed E-state index contributed by atoms with van der Waals surface area (Å²) >= 11 is 0. The van der Waals surface area contributed by atoms with Gasteiger partial charge in [-0.2, -0.15) is 0 Å². The van der Waals surface area contributed by atoms with E-state index in [9.17, 15) is 4.39 Å². The maximum atomic E-state index is 13.2. The summed E-state index contributed by atoms with van der Waals surface area (Å²) in [5.74, 6) is -0.215. The first-order chi connectivity index (χ1) is 8.54. The van der Waals surface area contributed by atoms with Gasteiger partial charge in [-0.1, -0.05) is 6.07 Å². The lowest BCUT2D eigenvalue weighted by atomic mass is 9.83. The van der Waals surface area contributed by atoms with E-state index in [1.807, 2.05) is 6.07 Å². The third kappa shape index (κ3) is 2.82. The number of nitrogens with one attached hydrogen (secondary N) is 1. The molecule has 1 aliphatic heterocycles. The van der Waals surface area contributed by atoms with Gasteiger partial charge in [0.05, 0.1) is 5.54 Å². The van der Waals surface area contributed by atoms with Crippen LogP contribution in [0.4, 0.5) is 10.1 Å². The van der Waals surface area contributed by atoms with E-state index in [1.54, 1.807) is 6.07 Å².